The number of halogens is 1. The molecular formula is C9H13ClN2O. The molecule has 1 atom stereocenters. The first-order chi connectivity index (χ1) is 6.23. The summed E-state index contributed by atoms with van der Waals surface area (Å²) in [5, 5.41) is 4.00. The Labute approximate surface area is 82.5 Å². The first kappa shape index (κ1) is 9.00. The van der Waals surface area contributed by atoms with Crippen LogP contribution in [-0.2, 0) is 4.79 Å². The van der Waals surface area contributed by atoms with Gasteiger partial charge in [0.25, 0.3) is 5.91 Å². The SMILES string of the molecule is O=C1NN=C2CCCCCC[C@]12Cl. The number of hydrogen-bond acceptors (Lipinski definition) is 2. The third-order valence-corrected chi connectivity index (χ3v) is 3.37. The fourth-order valence-corrected chi connectivity index (χ4v) is 2.27. The lowest BCUT2D eigenvalue weighted by atomic mass is 9.89. The molecule has 1 aliphatic carbocycles. The third-order valence-electron chi connectivity index (χ3n) is 2.79. The highest BCUT2D eigenvalue weighted by Crippen LogP contribution is 2.32. The van der Waals surface area contributed by atoms with Gasteiger partial charge in [-0.3, -0.25) is 4.79 Å². The molecule has 1 heterocycles. The Hall–Kier alpha value is -0.570. The van der Waals surface area contributed by atoms with E-state index in [0.29, 0.717) is 0 Å². The third kappa shape index (κ3) is 1.46. The van der Waals surface area contributed by atoms with Crippen LogP contribution in [0.2, 0.25) is 0 Å². The minimum Gasteiger partial charge on any atom is -0.271 e. The van der Waals surface area contributed by atoms with Crippen molar-refractivity contribution in [2.45, 2.75) is 43.4 Å². The Morgan fingerprint density at radius 2 is 2.08 bits per heavy atom. The van der Waals surface area contributed by atoms with E-state index in [1.54, 1.807) is 0 Å². The second kappa shape index (κ2) is 3.29. The van der Waals surface area contributed by atoms with Gasteiger partial charge >= 0.3 is 0 Å². The smallest absolute Gasteiger partial charge is 0.267 e. The zero-order valence-corrected chi connectivity index (χ0v) is 8.23. The molecule has 3 nitrogen and oxygen atoms in total. The summed E-state index contributed by atoms with van der Waals surface area (Å²) in [4.78, 5) is 10.6. The van der Waals surface area contributed by atoms with E-state index >= 15 is 0 Å². The maximum absolute atomic E-state index is 11.4. The molecule has 0 unspecified atom stereocenters. The van der Waals surface area contributed by atoms with E-state index in [2.05, 4.69) is 10.5 Å². The summed E-state index contributed by atoms with van der Waals surface area (Å²) in [6, 6.07) is 0. The lowest BCUT2D eigenvalue weighted by Gasteiger charge is -2.22. The molecule has 13 heavy (non-hydrogen) atoms. The predicted molar refractivity (Wildman–Crippen MR) is 51.9 cm³/mol. The quantitative estimate of drug-likeness (QED) is 0.596. The highest BCUT2D eigenvalue weighted by atomic mass is 35.5. The molecule has 1 amide bonds. The molecule has 0 aromatic heterocycles. The molecule has 72 valence electrons. The fraction of sp³-hybridized carbons (Fsp3) is 0.778. The van der Waals surface area contributed by atoms with E-state index in [1.807, 2.05) is 0 Å². The molecule has 1 N–H and O–H groups in total. The molecule has 4 heteroatoms. The molecule has 0 radical (unpaired) electrons. The summed E-state index contributed by atoms with van der Waals surface area (Å²) in [6.07, 6.45) is 6.12. The van der Waals surface area contributed by atoms with Crippen molar-refractivity contribution in [2.75, 3.05) is 0 Å². The maximum Gasteiger partial charge on any atom is 0.267 e. The van der Waals surface area contributed by atoms with Crippen LogP contribution in [0.4, 0.5) is 0 Å². The molecule has 0 bridgehead atoms. The van der Waals surface area contributed by atoms with Crippen molar-refractivity contribution >= 4 is 23.2 Å². The standard InChI is InChI=1S/C9H13ClN2O/c10-9-6-4-2-1-3-5-7(9)11-12-8(9)13/h1-6H2,(H,12,13)/t9-/m1/s1. The van der Waals surface area contributed by atoms with Gasteiger partial charge in [-0.25, -0.2) is 5.43 Å². The Morgan fingerprint density at radius 3 is 2.92 bits per heavy atom. The molecule has 0 saturated heterocycles. The van der Waals surface area contributed by atoms with E-state index < -0.39 is 4.87 Å². The number of hydrogen-bond donors (Lipinski definition) is 1. The first-order valence-corrected chi connectivity index (χ1v) is 5.18. The summed E-state index contributed by atoms with van der Waals surface area (Å²) in [6.45, 7) is 0. The van der Waals surface area contributed by atoms with Crippen molar-refractivity contribution in [2.24, 2.45) is 5.10 Å². The summed E-state index contributed by atoms with van der Waals surface area (Å²) < 4.78 is 0. The summed E-state index contributed by atoms with van der Waals surface area (Å²) >= 11 is 6.26. The van der Waals surface area contributed by atoms with Gasteiger partial charge < -0.3 is 0 Å². The van der Waals surface area contributed by atoms with Crippen molar-refractivity contribution in [3.63, 3.8) is 0 Å². The molecule has 2 aliphatic rings. The second-order valence-corrected chi connectivity index (χ2v) is 4.36. The fourth-order valence-electron chi connectivity index (χ4n) is 1.95. The molecule has 0 spiro atoms. The van der Waals surface area contributed by atoms with Crippen molar-refractivity contribution in [3.8, 4) is 0 Å². The maximum atomic E-state index is 11.4. The normalized spacial score (nSPS) is 34.2. The predicted octanol–water partition coefficient (Wildman–Crippen LogP) is 1.80. The van der Waals surface area contributed by atoms with Crippen LogP contribution in [0.1, 0.15) is 38.5 Å². The van der Waals surface area contributed by atoms with Gasteiger partial charge in [0.2, 0.25) is 0 Å². The number of amides is 1. The van der Waals surface area contributed by atoms with Crippen molar-refractivity contribution < 1.29 is 4.79 Å². The number of fused-ring (bicyclic) bond motifs is 1. The summed E-state index contributed by atoms with van der Waals surface area (Å²) in [7, 11) is 0. The van der Waals surface area contributed by atoms with Crippen molar-refractivity contribution in [1.82, 2.24) is 5.43 Å². The van der Waals surface area contributed by atoms with Gasteiger partial charge in [-0.05, 0) is 19.3 Å². The van der Waals surface area contributed by atoms with Gasteiger partial charge in [-0.1, -0.05) is 19.3 Å². The van der Waals surface area contributed by atoms with Crippen LogP contribution in [0.3, 0.4) is 0 Å². The number of rotatable bonds is 0. The molecule has 2 rings (SSSR count). The molecule has 1 saturated carbocycles. The number of hydrazone groups is 1. The number of nitrogens with one attached hydrogen (secondary N) is 1. The zero-order chi connectivity index (χ0) is 9.31. The average Bonchev–Trinajstić information content (AvgIpc) is 2.33. The monoisotopic (exact) mass is 200 g/mol. The van der Waals surface area contributed by atoms with Crippen LogP contribution in [0.5, 0.6) is 0 Å². The van der Waals surface area contributed by atoms with Gasteiger partial charge in [0.15, 0.2) is 4.87 Å². The van der Waals surface area contributed by atoms with E-state index in [0.717, 1.165) is 31.4 Å². The van der Waals surface area contributed by atoms with Gasteiger partial charge in [0, 0.05) is 0 Å². The minimum absolute atomic E-state index is 0.133. The molecule has 1 aliphatic heterocycles. The van der Waals surface area contributed by atoms with Crippen LogP contribution in [0.25, 0.3) is 0 Å². The number of carbonyl (C=O) groups is 1. The van der Waals surface area contributed by atoms with Crippen molar-refractivity contribution in [1.29, 1.82) is 0 Å². The van der Waals surface area contributed by atoms with Gasteiger partial charge in [-0.2, -0.15) is 5.10 Å². The first-order valence-electron chi connectivity index (χ1n) is 4.80. The Morgan fingerprint density at radius 1 is 1.31 bits per heavy atom. The topological polar surface area (TPSA) is 41.5 Å². The summed E-state index contributed by atoms with van der Waals surface area (Å²) in [5.74, 6) is -0.133. The Balaban J connectivity index is 2.21. The molecule has 0 aromatic rings. The van der Waals surface area contributed by atoms with Gasteiger partial charge in [-0.15, -0.1) is 11.6 Å². The Bertz CT molecular complexity index is 264. The van der Waals surface area contributed by atoms with Crippen LogP contribution < -0.4 is 5.43 Å². The summed E-state index contributed by atoms with van der Waals surface area (Å²) in [5.41, 5.74) is 3.32. The van der Waals surface area contributed by atoms with Crippen LogP contribution in [0, 0.1) is 0 Å². The van der Waals surface area contributed by atoms with E-state index in [1.165, 1.54) is 12.8 Å². The van der Waals surface area contributed by atoms with E-state index in [9.17, 15) is 4.79 Å². The number of nitrogens with zero attached hydrogens (tertiary/aromatic N) is 1. The van der Waals surface area contributed by atoms with Crippen LogP contribution >= 0.6 is 11.6 Å². The number of alkyl halides is 1. The van der Waals surface area contributed by atoms with Crippen molar-refractivity contribution in [3.05, 3.63) is 0 Å². The second-order valence-electron chi connectivity index (χ2n) is 3.71. The highest BCUT2D eigenvalue weighted by molar-refractivity contribution is 6.48. The molecule has 1 fully saturated rings. The molecule has 0 aromatic carbocycles. The lowest BCUT2D eigenvalue weighted by molar-refractivity contribution is -0.121. The van der Waals surface area contributed by atoms with E-state index in [-0.39, 0.29) is 5.91 Å². The zero-order valence-electron chi connectivity index (χ0n) is 7.48. The highest BCUT2D eigenvalue weighted by Gasteiger charge is 2.45. The van der Waals surface area contributed by atoms with Crippen LogP contribution in [0.15, 0.2) is 5.10 Å². The van der Waals surface area contributed by atoms with E-state index in [4.69, 9.17) is 11.6 Å². The minimum atomic E-state index is -0.805. The average molecular weight is 201 g/mol. The number of carbonyl (C=O) groups excluding carboxylic acids is 1. The lowest BCUT2D eigenvalue weighted by Crippen LogP contribution is -2.40. The van der Waals surface area contributed by atoms with Crippen LogP contribution in [-0.4, -0.2) is 16.5 Å². The van der Waals surface area contributed by atoms with Gasteiger partial charge in [0.1, 0.15) is 0 Å². The molecular weight excluding hydrogens is 188 g/mol. The largest absolute Gasteiger partial charge is 0.271 e. The Kier molecular flexibility index (Phi) is 2.28. The van der Waals surface area contributed by atoms with Gasteiger partial charge in [0.05, 0.1) is 5.71 Å².